The van der Waals surface area contributed by atoms with Crippen LogP contribution >= 0.6 is 0 Å². The molecule has 0 N–H and O–H groups in total. The van der Waals surface area contributed by atoms with Gasteiger partial charge in [0, 0.05) is 0 Å². The van der Waals surface area contributed by atoms with Gasteiger partial charge in [0.25, 0.3) is 0 Å². The topological polar surface area (TPSA) is 27.7 Å². The van der Waals surface area contributed by atoms with E-state index in [9.17, 15) is 0 Å². The summed E-state index contributed by atoms with van der Waals surface area (Å²) in [6, 6.07) is 33.6. The van der Waals surface area contributed by atoms with Gasteiger partial charge < -0.3 is 0 Å². The summed E-state index contributed by atoms with van der Waals surface area (Å²) in [6.07, 6.45) is 1.89. The molecule has 3 atom stereocenters. The Bertz CT molecular complexity index is 1000. The molecule has 0 bridgehead atoms. The van der Waals surface area contributed by atoms with Crippen molar-refractivity contribution in [3.05, 3.63) is 101 Å². The second kappa shape index (κ2) is 10.4. The van der Waals surface area contributed by atoms with Crippen LogP contribution in [0.2, 0.25) is 0 Å². The third kappa shape index (κ3) is 4.28. The summed E-state index contributed by atoms with van der Waals surface area (Å²) in [5.74, 6) is 0.273. The molecule has 4 heteroatoms. The number of benzene rings is 3. The zero-order valence-corrected chi connectivity index (χ0v) is 23.0. The van der Waals surface area contributed by atoms with Gasteiger partial charge in [-0.15, -0.1) is 0 Å². The predicted molar refractivity (Wildman–Crippen MR) is 141 cm³/mol. The molecule has 0 aliphatic carbocycles. The van der Waals surface area contributed by atoms with Crippen molar-refractivity contribution < 1.29 is 14.2 Å². The van der Waals surface area contributed by atoms with E-state index in [-0.39, 0.29) is 17.6 Å². The SMILES string of the molecule is COCC[C@H]1OC[C@@H]2/C(=[CH]/[Sn]([c]3ccccc3)([c]3ccccc3)[c]3ccccc3)CCO[C@@]21C. The maximum atomic E-state index is 6.46. The molecule has 0 unspecified atom stereocenters. The van der Waals surface area contributed by atoms with E-state index in [1.165, 1.54) is 16.3 Å². The van der Waals surface area contributed by atoms with Gasteiger partial charge in [-0.2, -0.15) is 0 Å². The molecular weight excluding hydrogens is 527 g/mol. The molecule has 176 valence electrons. The summed E-state index contributed by atoms with van der Waals surface area (Å²) < 4.78 is 25.3. The summed E-state index contributed by atoms with van der Waals surface area (Å²) in [7, 11) is 1.75. The predicted octanol–water partition coefficient (Wildman–Crippen LogP) is 3.85. The molecule has 3 aromatic carbocycles. The van der Waals surface area contributed by atoms with Crippen LogP contribution in [0.1, 0.15) is 19.8 Å². The Labute approximate surface area is 207 Å². The molecule has 3 aromatic rings. The molecule has 3 nitrogen and oxygen atoms in total. The number of rotatable bonds is 7. The Kier molecular flexibility index (Phi) is 7.26. The quantitative estimate of drug-likeness (QED) is 0.411. The average Bonchev–Trinajstić information content (AvgIpc) is 3.24. The van der Waals surface area contributed by atoms with Gasteiger partial charge in [-0.1, -0.05) is 0 Å². The zero-order chi connectivity index (χ0) is 23.4. The van der Waals surface area contributed by atoms with Crippen molar-refractivity contribution in [2.24, 2.45) is 5.92 Å². The van der Waals surface area contributed by atoms with E-state index >= 15 is 0 Å². The van der Waals surface area contributed by atoms with E-state index in [1.807, 2.05) is 0 Å². The molecule has 0 aromatic heterocycles. The van der Waals surface area contributed by atoms with Gasteiger partial charge in [0.1, 0.15) is 0 Å². The number of fused-ring (bicyclic) bond motifs is 1. The summed E-state index contributed by atoms with van der Waals surface area (Å²) in [5.41, 5.74) is 1.21. The van der Waals surface area contributed by atoms with Crippen molar-refractivity contribution in [1.82, 2.24) is 0 Å². The summed E-state index contributed by atoms with van der Waals surface area (Å²) >= 11 is -3.50. The number of hydrogen-bond donors (Lipinski definition) is 0. The van der Waals surface area contributed by atoms with Crippen LogP contribution in [0.4, 0.5) is 0 Å². The first-order valence-electron chi connectivity index (χ1n) is 12.3. The second-order valence-corrected chi connectivity index (χ2v) is 19.9. The fourth-order valence-corrected chi connectivity index (χ4v) is 18.9. The number of hydrogen-bond acceptors (Lipinski definition) is 3. The molecule has 2 fully saturated rings. The maximum absolute atomic E-state index is 6.46. The first-order valence-corrected chi connectivity index (χ1v) is 18.2. The average molecular weight is 561 g/mol. The van der Waals surface area contributed by atoms with Crippen molar-refractivity contribution in [2.45, 2.75) is 31.5 Å². The Morgan fingerprint density at radius 2 is 1.41 bits per heavy atom. The normalized spacial score (nSPS) is 25.9. The standard InChI is InChI=1S/C12H19O3.3C6H5.Sn/c1-9-4-7-15-12(2)10(9)8-14-11(12)5-6-13-3;3*1-2-4-6-5-3-1;/h1,10-11H,4-8H2,2-3H3;3*1-5H;/t10-,11-,12+;;;;/m1..../s1. The van der Waals surface area contributed by atoms with Gasteiger partial charge in [0.05, 0.1) is 0 Å². The van der Waals surface area contributed by atoms with Gasteiger partial charge in [0.15, 0.2) is 0 Å². The van der Waals surface area contributed by atoms with E-state index in [4.69, 9.17) is 14.2 Å². The number of methoxy groups -OCH3 is 1. The van der Waals surface area contributed by atoms with Crippen LogP contribution < -0.4 is 10.7 Å². The van der Waals surface area contributed by atoms with Crippen LogP contribution in [0.15, 0.2) is 101 Å². The van der Waals surface area contributed by atoms with Crippen molar-refractivity contribution in [1.29, 1.82) is 0 Å². The Hall–Kier alpha value is -1.92. The molecule has 2 heterocycles. The minimum atomic E-state index is -3.50. The molecular formula is C30H34O3Sn. The van der Waals surface area contributed by atoms with Crippen LogP contribution in [-0.2, 0) is 14.2 Å². The molecule has 2 aliphatic rings. The Morgan fingerprint density at radius 3 is 1.91 bits per heavy atom. The van der Waals surface area contributed by atoms with Crippen LogP contribution in [-0.4, -0.2) is 57.0 Å². The second-order valence-electron chi connectivity index (χ2n) is 9.56. The Balaban J connectivity index is 1.69. The zero-order valence-electron chi connectivity index (χ0n) is 20.2. The first-order chi connectivity index (χ1) is 16.7. The molecule has 0 radical (unpaired) electrons. The third-order valence-corrected chi connectivity index (χ3v) is 20.7. The molecule has 0 saturated carbocycles. The molecule has 2 saturated heterocycles. The van der Waals surface area contributed by atoms with Crippen molar-refractivity contribution in [3.63, 3.8) is 0 Å². The van der Waals surface area contributed by atoms with Crippen LogP contribution in [0.5, 0.6) is 0 Å². The van der Waals surface area contributed by atoms with Crippen LogP contribution in [0, 0.1) is 5.92 Å². The van der Waals surface area contributed by atoms with Gasteiger partial charge >= 0.3 is 208 Å². The fraction of sp³-hybridized carbons (Fsp3) is 0.333. The van der Waals surface area contributed by atoms with Crippen LogP contribution in [0.3, 0.4) is 0 Å². The van der Waals surface area contributed by atoms with Gasteiger partial charge in [-0.3, -0.25) is 0 Å². The molecule has 34 heavy (non-hydrogen) atoms. The van der Waals surface area contributed by atoms with E-state index in [1.54, 1.807) is 7.11 Å². The number of ether oxygens (including phenoxy) is 3. The third-order valence-electron chi connectivity index (χ3n) is 7.72. The van der Waals surface area contributed by atoms with Gasteiger partial charge in [-0.05, 0) is 0 Å². The first kappa shape index (κ1) is 23.8. The fourth-order valence-electron chi connectivity index (χ4n) is 5.90. The van der Waals surface area contributed by atoms with Crippen molar-refractivity contribution >= 4 is 29.1 Å². The van der Waals surface area contributed by atoms with E-state index in [0.717, 1.165) is 26.1 Å². The molecule has 0 spiro atoms. The summed E-state index contributed by atoms with van der Waals surface area (Å²) in [6.45, 7) is 4.41. The van der Waals surface area contributed by atoms with E-state index in [2.05, 4.69) is 102 Å². The van der Waals surface area contributed by atoms with E-state index < -0.39 is 18.4 Å². The molecule has 5 rings (SSSR count). The van der Waals surface area contributed by atoms with Crippen LogP contribution in [0.25, 0.3) is 0 Å². The van der Waals surface area contributed by atoms with Crippen molar-refractivity contribution in [2.75, 3.05) is 26.9 Å². The molecule has 0 amide bonds. The Morgan fingerprint density at radius 1 is 0.882 bits per heavy atom. The van der Waals surface area contributed by atoms with Crippen molar-refractivity contribution in [3.8, 4) is 0 Å². The summed E-state index contributed by atoms with van der Waals surface area (Å²) in [4.78, 5) is 0. The monoisotopic (exact) mass is 562 g/mol. The van der Waals surface area contributed by atoms with Gasteiger partial charge in [0.2, 0.25) is 0 Å². The minimum absolute atomic E-state index is 0.0657. The van der Waals surface area contributed by atoms with Gasteiger partial charge in [-0.25, -0.2) is 0 Å². The molecule has 2 aliphatic heterocycles. The summed E-state index contributed by atoms with van der Waals surface area (Å²) in [5, 5.41) is 0. The van der Waals surface area contributed by atoms with E-state index in [0.29, 0.717) is 6.61 Å².